The Morgan fingerprint density at radius 3 is 2.65 bits per heavy atom. The molecule has 0 aliphatic heterocycles. The van der Waals surface area contributed by atoms with Crippen LogP contribution in [0.5, 0.6) is 0 Å². The second-order valence-corrected chi connectivity index (χ2v) is 5.76. The molecular weight excluding hydrogens is 274 g/mol. The van der Waals surface area contributed by atoms with E-state index in [9.17, 15) is 0 Å². The molecule has 0 amide bonds. The predicted molar refractivity (Wildman–Crippen MR) is 79.3 cm³/mol. The zero-order chi connectivity index (χ0) is 12.7. The Kier molecular flexibility index (Phi) is 6.83. The molecule has 0 saturated heterocycles. The molecule has 17 heavy (non-hydrogen) atoms. The summed E-state index contributed by atoms with van der Waals surface area (Å²) in [7, 11) is 0. The highest BCUT2D eigenvalue weighted by Crippen LogP contribution is 2.18. The minimum atomic E-state index is 0.420. The van der Waals surface area contributed by atoms with Gasteiger partial charge in [-0.25, -0.2) is 0 Å². The Balaban J connectivity index is 2.40. The van der Waals surface area contributed by atoms with Crippen LogP contribution in [-0.4, -0.2) is 6.04 Å². The van der Waals surface area contributed by atoms with Crippen molar-refractivity contribution in [2.75, 3.05) is 0 Å². The monoisotopic (exact) mass is 297 g/mol. The SMILES string of the molecule is CCCCCC(C)N[C@H](C)c1cccc(Br)c1. The van der Waals surface area contributed by atoms with Crippen molar-refractivity contribution in [2.24, 2.45) is 0 Å². The topological polar surface area (TPSA) is 12.0 Å². The van der Waals surface area contributed by atoms with Gasteiger partial charge in [-0.1, -0.05) is 54.2 Å². The summed E-state index contributed by atoms with van der Waals surface area (Å²) in [6.07, 6.45) is 5.24. The predicted octanol–water partition coefficient (Wildman–Crippen LogP) is 5.07. The van der Waals surface area contributed by atoms with E-state index >= 15 is 0 Å². The van der Waals surface area contributed by atoms with Crippen molar-refractivity contribution in [3.05, 3.63) is 34.3 Å². The molecule has 1 nitrogen and oxygen atoms in total. The zero-order valence-corrected chi connectivity index (χ0v) is 12.8. The second-order valence-electron chi connectivity index (χ2n) is 4.84. The number of unbranched alkanes of at least 4 members (excludes halogenated alkanes) is 2. The van der Waals surface area contributed by atoms with E-state index in [1.807, 2.05) is 0 Å². The van der Waals surface area contributed by atoms with Gasteiger partial charge in [-0.2, -0.15) is 0 Å². The number of rotatable bonds is 7. The molecule has 0 fully saturated rings. The molecule has 0 spiro atoms. The van der Waals surface area contributed by atoms with Crippen LogP contribution in [0.3, 0.4) is 0 Å². The molecule has 1 N–H and O–H groups in total. The molecule has 0 heterocycles. The fourth-order valence-corrected chi connectivity index (χ4v) is 2.50. The van der Waals surface area contributed by atoms with Crippen LogP contribution in [0, 0.1) is 0 Å². The summed E-state index contributed by atoms with van der Waals surface area (Å²) in [6, 6.07) is 9.55. The van der Waals surface area contributed by atoms with Crippen molar-refractivity contribution in [2.45, 2.75) is 58.5 Å². The quantitative estimate of drug-likeness (QED) is 0.693. The minimum absolute atomic E-state index is 0.420. The van der Waals surface area contributed by atoms with Gasteiger partial charge in [0.05, 0.1) is 0 Å². The van der Waals surface area contributed by atoms with E-state index in [1.54, 1.807) is 0 Å². The van der Waals surface area contributed by atoms with Crippen LogP contribution in [0.1, 0.15) is 58.1 Å². The first kappa shape index (κ1) is 14.7. The lowest BCUT2D eigenvalue weighted by atomic mass is 10.1. The van der Waals surface area contributed by atoms with E-state index in [0.29, 0.717) is 12.1 Å². The normalized spacial score (nSPS) is 14.6. The number of halogens is 1. The Hall–Kier alpha value is -0.340. The summed E-state index contributed by atoms with van der Waals surface area (Å²) in [5, 5.41) is 3.66. The largest absolute Gasteiger partial charge is 0.308 e. The van der Waals surface area contributed by atoms with Crippen LogP contribution < -0.4 is 5.32 Å². The lowest BCUT2D eigenvalue weighted by Crippen LogP contribution is -2.28. The first-order valence-electron chi connectivity index (χ1n) is 6.65. The standard InChI is InChI=1S/C15H24BrN/c1-4-5-6-8-12(2)17-13(3)14-9-7-10-15(16)11-14/h7,9-13,17H,4-6,8H2,1-3H3/t12?,13-/m1/s1. The fraction of sp³-hybridized carbons (Fsp3) is 0.600. The third kappa shape index (κ3) is 5.69. The molecule has 0 saturated carbocycles. The summed E-state index contributed by atoms with van der Waals surface area (Å²) in [5.41, 5.74) is 1.35. The van der Waals surface area contributed by atoms with Crippen LogP contribution >= 0.6 is 15.9 Å². The molecule has 2 atom stereocenters. The maximum Gasteiger partial charge on any atom is 0.0294 e. The smallest absolute Gasteiger partial charge is 0.0294 e. The van der Waals surface area contributed by atoms with E-state index in [2.05, 4.69) is 66.3 Å². The summed E-state index contributed by atoms with van der Waals surface area (Å²) >= 11 is 3.52. The fourth-order valence-electron chi connectivity index (χ4n) is 2.08. The lowest BCUT2D eigenvalue weighted by Gasteiger charge is -2.20. The minimum Gasteiger partial charge on any atom is -0.308 e. The maximum atomic E-state index is 3.66. The number of hydrogen-bond donors (Lipinski definition) is 1. The third-order valence-corrected chi connectivity index (χ3v) is 3.62. The van der Waals surface area contributed by atoms with Gasteiger partial charge in [-0.05, 0) is 38.0 Å². The molecule has 0 radical (unpaired) electrons. The van der Waals surface area contributed by atoms with Gasteiger partial charge in [0.1, 0.15) is 0 Å². The van der Waals surface area contributed by atoms with E-state index in [1.165, 1.54) is 31.2 Å². The molecule has 1 aromatic rings. The van der Waals surface area contributed by atoms with Crippen LogP contribution in [0.25, 0.3) is 0 Å². The van der Waals surface area contributed by atoms with Crippen LogP contribution in [0.15, 0.2) is 28.7 Å². The van der Waals surface area contributed by atoms with Gasteiger partial charge in [0.25, 0.3) is 0 Å². The van der Waals surface area contributed by atoms with Crippen LogP contribution in [0.2, 0.25) is 0 Å². The molecule has 1 rings (SSSR count). The summed E-state index contributed by atoms with van der Waals surface area (Å²) in [5.74, 6) is 0. The van der Waals surface area contributed by atoms with Gasteiger partial charge in [-0.3, -0.25) is 0 Å². The first-order chi connectivity index (χ1) is 8.13. The molecule has 2 heteroatoms. The van der Waals surface area contributed by atoms with E-state index in [4.69, 9.17) is 0 Å². The number of nitrogens with one attached hydrogen (secondary N) is 1. The molecule has 0 bridgehead atoms. The maximum absolute atomic E-state index is 3.66. The highest BCUT2D eigenvalue weighted by molar-refractivity contribution is 9.10. The van der Waals surface area contributed by atoms with Gasteiger partial charge in [-0.15, -0.1) is 0 Å². The molecule has 0 aliphatic rings. The van der Waals surface area contributed by atoms with Gasteiger partial charge in [0, 0.05) is 16.6 Å². The van der Waals surface area contributed by atoms with Crippen molar-refractivity contribution in [1.29, 1.82) is 0 Å². The van der Waals surface area contributed by atoms with E-state index < -0.39 is 0 Å². The average Bonchev–Trinajstić information content (AvgIpc) is 2.29. The Bertz CT molecular complexity index is 324. The molecule has 1 unspecified atom stereocenters. The second kappa shape index (κ2) is 7.88. The van der Waals surface area contributed by atoms with Crippen LogP contribution in [-0.2, 0) is 0 Å². The Labute approximate surface area is 114 Å². The van der Waals surface area contributed by atoms with Gasteiger partial charge < -0.3 is 5.32 Å². The lowest BCUT2D eigenvalue weighted by molar-refractivity contribution is 0.440. The zero-order valence-electron chi connectivity index (χ0n) is 11.2. The average molecular weight is 298 g/mol. The Morgan fingerprint density at radius 2 is 2.00 bits per heavy atom. The third-order valence-electron chi connectivity index (χ3n) is 3.12. The summed E-state index contributed by atoms with van der Waals surface area (Å²) < 4.78 is 1.15. The molecular formula is C15H24BrN. The highest BCUT2D eigenvalue weighted by Gasteiger charge is 2.09. The molecule has 1 aromatic carbocycles. The number of benzene rings is 1. The summed E-state index contributed by atoms with van der Waals surface area (Å²) in [4.78, 5) is 0. The van der Waals surface area contributed by atoms with E-state index in [-0.39, 0.29) is 0 Å². The molecule has 0 aromatic heterocycles. The van der Waals surface area contributed by atoms with Gasteiger partial charge >= 0.3 is 0 Å². The van der Waals surface area contributed by atoms with Gasteiger partial charge in [0.15, 0.2) is 0 Å². The van der Waals surface area contributed by atoms with E-state index in [0.717, 1.165) is 4.47 Å². The Morgan fingerprint density at radius 1 is 1.24 bits per heavy atom. The van der Waals surface area contributed by atoms with Crippen molar-refractivity contribution < 1.29 is 0 Å². The molecule has 96 valence electrons. The van der Waals surface area contributed by atoms with Crippen molar-refractivity contribution >= 4 is 15.9 Å². The van der Waals surface area contributed by atoms with Crippen molar-refractivity contribution in [3.8, 4) is 0 Å². The van der Waals surface area contributed by atoms with Gasteiger partial charge in [0.2, 0.25) is 0 Å². The highest BCUT2D eigenvalue weighted by atomic mass is 79.9. The first-order valence-corrected chi connectivity index (χ1v) is 7.44. The number of hydrogen-bond acceptors (Lipinski definition) is 1. The van der Waals surface area contributed by atoms with Crippen molar-refractivity contribution in [3.63, 3.8) is 0 Å². The molecule has 0 aliphatic carbocycles. The van der Waals surface area contributed by atoms with Crippen LogP contribution in [0.4, 0.5) is 0 Å². The summed E-state index contributed by atoms with van der Waals surface area (Å²) in [6.45, 7) is 6.77. The van der Waals surface area contributed by atoms with Crippen molar-refractivity contribution in [1.82, 2.24) is 5.32 Å².